The minimum Gasteiger partial charge on any atom is -0.462 e. The fourth-order valence-electron chi connectivity index (χ4n) is 1.35. The first-order chi connectivity index (χ1) is 7.86. The van der Waals surface area contributed by atoms with Crippen LogP contribution in [0.5, 0.6) is 0 Å². The Balaban J connectivity index is 1.81. The van der Waals surface area contributed by atoms with Crippen molar-refractivity contribution in [2.75, 3.05) is 6.61 Å². The van der Waals surface area contributed by atoms with Gasteiger partial charge in [-0.05, 0) is 34.5 Å². The van der Waals surface area contributed by atoms with Crippen molar-refractivity contribution < 1.29 is 9.53 Å². The van der Waals surface area contributed by atoms with E-state index < -0.39 is 0 Å². The second-order valence-corrected chi connectivity index (χ2v) is 4.16. The molecule has 0 amide bonds. The third kappa shape index (κ3) is 2.94. The van der Waals surface area contributed by atoms with Gasteiger partial charge in [0.1, 0.15) is 0 Å². The van der Waals surface area contributed by atoms with Crippen molar-refractivity contribution >= 4 is 17.3 Å². The van der Waals surface area contributed by atoms with Gasteiger partial charge in [0.25, 0.3) is 0 Å². The van der Waals surface area contributed by atoms with E-state index in [4.69, 9.17) is 4.74 Å². The van der Waals surface area contributed by atoms with Crippen LogP contribution in [0.4, 0.5) is 0 Å². The molecule has 0 fully saturated rings. The van der Waals surface area contributed by atoms with E-state index >= 15 is 0 Å². The van der Waals surface area contributed by atoms with Crippen LogP contribution in [0.25, 0.3) is 0 Å². The highest BCUT2D eigenvalue weighted by Gasteiger charge is 2.05. The van der Waals surface area contributed by atoms with Crippen LogP contribution in [0.3, 0.4) is 0 Å². The number of carbonyl (C=O) groups excluding carboxylic acids is 1. The first-order valence-electron chi connectivity index (χ1n) is 5.09. The summed E-state index contributed by atoms with van der Waals surface area (Å²) in [6, 6.07) is 11.1. The second-order valence-electron chi connectivity index (χ2n) is 3.38. The molecule has 0 aliphatic carbocycles. The Hall–Kier alpha value is -1.61. The van der Waals surface area contributed by atoms with Crippen molar-refractivity contribution in [3.63, 3.8) is 0 Å². The Morgan fingerprint density at radius 3 is 2.69 bits per heavy atom. The highest BCUT2D eigenvalue weighted by molar-refractivity contribution is 7.07. The maximum absolute atomic E-state index is 11.6. The topological polar surface area (TPSA) is 26.3 Å². The lowest BCUT2D eigenvalue weighted by atomic mass is 10.2. The predicted octanol–water partition coefficient (Wildman–Crippen LogP) is 3.15. The number of hydrogen-bond acceptors (Lipinski definition) is 3. The van der Waals surface area contributed by atoms with Gasteiger partial charge in [0.2, 0.25) is 0 Å². The van der Waals surface area contributed by atoms with E-state index in [0.717, 1.165) is 6.42 Å². The summed E-state index contributed by atoms with van der Waals surface area (Å²) in [7, 11) is 0. The van der Waals surface area contributed by atoms with E-state index in [0.29, 0.717) is 12.2 Å². The Labute approximate surface area is 98.5 Å². The van der Waals surface area contributed by atoms with E-state index in [1.54, 1.807) is 23.5 Å². The number of hydrogen-bond donors (Lipinski definition) is 0. The molecule has 1 aromatic heterocycles. The summed E-state index contributed by atoms with van der Waals surface area (Å²) in [4.78, 5) is 11.6. The van der Waals surface area contributed by atoms with E-state index in [1.165, 1.54) is 5.56 Å². The summed E-state index contributed by atoms with van der Waals surface area (Å²) in [6.45, 7) is 0.435. The van der Waals surface area contributed by atoms with Gasteiger partial charge in [-0.15, -0.1) is 0 Å². The quantitative estimate of drug-likeness (QED) is 0.757. The Morgan fingerprint density at radius 1 is 1.19 bits per heavy atom. The zero-order valence-electron chi connectivity index (χ0n) is 8.76. The molecule has 2 nitrogen and oxygen atoms in total. The van der Waals surface area contributed by atoms with Gasteiger partial charge in [-0.3, -0.25) is 0 Å². The van der Waals surface area contributed by atoms with Gasteiger partial charge >= 0.3 is 5.97 Å². The standard InChI is InChI=1S/C13H12O2S/c14-13(12-4-2-1-3-5-12)15-8-6-11-7-9-16-10-11/h1-5,7,9-10H,6,8H2. The van der Waals surface area contributed by atoms with Gasteiger partial charge in [0.15, 0.2) is 0 Å². The monoisotopic (exact) mass is 232 g/mol. The largest absolute Gasteiger partial charge is 0.462 e. The molecule has 0 aliphatic heterocycles. The molecule has 0 bridgehead atoms. The average molecular weight is 232 g/mol. The Morgan fingerprint density at radius 2 is 2.00 bits per heavy atom. The fourth-order valence-corrected chi connectivity index (χ4v) is 2.06. The average Bonchev–Trinajstić information content (AvgIpc) is 2.83. The molecule has 0 atom stereocenters. The van der Waals surface area contributed by atoms with Crippen LogP contribution >= 0.6 is 11.3 Å². The fraction of sp³-hybridized carbons (Fsp3) is 0.154. The summed E-state index contributed by atoms with van der Waals surface area (Å²) in [5.41, 5.74) is 1.82. The van der Waals surface area contributed by atoms with Gasteiger partial charge in [-0.25, -0.2) is 4.79 Å². The molecule has 82 valence electrons. The van der Waals surface area contributed by atoms with Gasteiger partial charge in [0.05, 0.1) is 12.2 Å². The van der Waals surface area contributed by atoms with Crippen LogP contribution in [-0.2, 0) is 11.2 Å². The van der Waals surface area contributed by atoms with Gasteiger partial charge in [-0.2, -0.15) is 11.3 Å². The first kappa shape index (κ1) is 10.9. The summed E-state index contributed by atoms with van der Waals surface area (Å²) in [5, 5.41) is 4.09. The van der Waals surface area contributed by atoms with Gasteiger partial charge in [0, 0.05) is 6.42 Å². The zero-order valence-corrected chi connectivity index (χ0v) is 9.57. The molecule has 0 N–H and O–H groups in total. The van der Waals surface area contributed by atoms with Crippen molar-refractivity contribution in [1.29, 1.82) is 0 Å². The SMILES string of the molecule is O=C(OCCc1ccsc1)c1ccccc1. The van der Waals surface area contributed by atoms with Gasteiger partial charge < -0.3 is 4.74 Å². The highest BCUT2D eigenvalue weighted by Crippen LogP contribution is 2.07. The number of rotatable bonds is 4. The van der Waals surface area contributed by atoms with Crippen LogP contribution in [0.1, 0.15) is 15.9 Å². The second kappa shape index (κ2) is 5.47. The van der Waals surface area contributed by atoms with Crippen LogP contribution < -0.4 is 0 Å². The van der Waals surface area contributed by atoms with E-state index in [-0.39, 0.29) is 5.97 Å². The number of carbonyl (C=O) groups is 1. The van der Waals surface area contributed by atoms with Crippen molar-refractivity contribution in [3.8, 4) is 0 Å². The normalized spacial score (nSPS) is 10.0. The molecule has 2 aromatic rings. The number of ether oxygens (including phenoxy) is 1. The molecule has 1 aromatic carbocycles. The number of esters is 1. The summed E-state index contributed by atoms with van der Waals surface area (Å²) >= 11 is 1.65. The molecule has 0 unspecified atom stereocenters. The molecule has 0 radical (unpaired) electrons. The first-order valence-corrected chi connectivity index (χ1v) is 6.04. The van der Waals surface area contributed by atoms with Crippen molar-refractivity contribution in [3.05, 3.63) is 58.3 Å². The lowest BCUT2D eigenvalue weighted by Gasteiger charge is -2.03. The Bertz CT molecular complexity index is 434. The molecule has 1 heterocycles. The van der Waals surface area contributed by atoms with E-state index in [2.05, 4.69) is 5.38 Å². The summed E-state index contributed by atoms with van der Waals surface area (Å²) in [5.74, 6) is -0.254. The van der Waals surface area contributed by atoms with Crippen molar-refractivity contribution in [2.45, 2.75) is 6.42 Å². The van der Waals surface area contributed by atoms with Gasteiger partial charge in [-0.1, -0.05) is 18.2 Å². The molecule has 0 saturated carbocycles. The molecule has 3 heteroatoms. The maximum Gasteiger partial charge on any atom is 0.338 e. The number of benzene rings is 1. The van der Waals surface area contributed by atoms with Crippen molar-refractivity contribution in [1.82, 2.24) is 0 Å². The predicted molar refractivity (Wildman–Crippen MR) is 64.7 cm³/mol. The van der Waals surface area contributed by atoms with Crippen LogP contribution in [0, 0.1) is 0 Å². The lowest BCUT2D eigenvalue weighted by molar-refractivity contribution is 0.0509. The molecule has 2 rings (SSSR count). The Kier molecular flexibility index (Phi) is 3.72. The zero-order chi connectivity index (χ0) is 11.2. The maximum atomic E-state index is 11.6. The summed E-state index contributed by atoms with van der Waals surface area (Å²) < 4.78 is 5.17. The third-order valence-electron chi connectivity index (χ3n) is 2.21. The minimum atomic E-state index is -0.254. The molecule has 0 aliphatic rings. The van der Waals surface area contributed by atoms with Crippen LogP contribution in [-0.4, -0.2) is 12.6 Å². The number of thiophene rings is 1. The molecule has 0 saturated heterocycles. The van der Waals surface area contributed by atoms with Crippen LogP contribution in [0.2, 0.25) is 0 Å². The smallest absolute Gasteiger partial charge is 0.338 e. The minimum absolute atomic E-state index is 0.254. The molecular formula is C13H12O2S. The lowest BCUT2D eigenvalue weighted by Crippen LogP contribution is -2.07. The third-order valence-corrected chi connectivity index (χ3v) is 2.95. The molecule has 0 spiro atoms. The summed E-state index contributed by atoms with van der Waals surface area (Å²) in [6.07, 6.45) is 0.780. The molecular weight excluding hydrogens is 220 g/mol. The van der Waals surface area contributed by atoms with E-state index in [1.807, 2.05) is 29.6 Å². The molecule has 16 heavy (non-hydrogen) atoms. The van der Waals surface area contributed by atoms with Crippen LogP contribution in [0.15, 0.2) is 47.2 Å². The van der Waals surface area contributed by atoms with Crippen molar-refractivity contribution in [2.24, 2.45) is 0 Å². The highest BCUT2D eigenvalue weighted by atomic mass is 32.1. The van der Waals surface area contributed by atoms with E-state index in [9.17, 15) is 4.79 Å².